The summed E-state index contributed by atoms with van der Waals surface area (Å²) in [6.45, 7) is 8.00. The largest absolute Gasteiger partial charge is 0.385 e. The molecule has 20 heavy (non-hydrogen) atoms. The van der Waals surface area contributed by atoms with Crippen molar-refractivity contribution in [1.29, 1.82) is 0 Å². The van der Waals surface area contributed by atoms with Crippen molar-refractivity contribution >= 4 is 10.9 Å². The highest BCUT2D eigenvalue weighted by atomic mass is 16.3. The van der Waals surface area contributed by atoms with Crippen molar-refractivity contribution in [2.24, 2.45) is 5.92 Å². The molecule has 1 heterocycles. The molecule has 0 aliphatic heterocycles. The number of aromatic nitrogens is 1. The summed E-state index contributed by atoms with van der Waals surface area (Å²) in [6.07, 6.45) is 2.46. The number of hydrogen-bond donors (Lipinski definition) is 2. The number of aliphatic hydroxyl groups is 1. The van der Waals surface area contributed by atoms with E-state index >= 15 is 0 Å². The van der Waals surface area contributed by atoms with Crippen LogP contribution in [0.25, 0.3) is 10.9 Å². The maximum Gasteiger partial charge on any atom is 0.0895 e. The zero-order chi connectivity index (χ0) is 14.6. The highest BCUT2D eigenvalue weighted by Crippen LogP contribution is 2.26. The van der Waals surface area contributed by atoms with E-state index in [0.29, 0.717) is 12.3 Å². The van der Waals surface area contributed by atoms with E-state index in [4.69, 9.17) is 0 Å². The molecule has 2 N–H and O–H groups in total. The molecule has 2 aromatic rings. The van der Waals surface area contributed by atoms with Crippen LogP contribution in [0, 0.1) is 5.92 Å². The second-order valence-corrected chi connectivity index (χ2v) is 6.04. The fourth-order valence-corrected chi connectivity index (χ4v) is 2.23. The average molecular weight is 272 g/mol. The summed E-state index contributed by atoms with van der Waals surface area (Å²) < 4.78 is 0. The Morgan fingerprint density at radius 1 is 1.30 bits per heavy atom. The Hall–Kier alpha value is -1.45. The van der Waals surface area contributed by atoms with E-state index in [-0.39, 0.29) is 0 Å². The number of pyridine rings is 1. The summed E-state index contributed by atoms with van der Waals surface area (Å²) in [5.74, 6) is 0.627. The molecule has 1 atom stereocenters. The van der Waals surface area contributed by atoms with Crippen LogP contribution in [0.1, 0.15) is 32.8 Å². The van der Waals surface area contributed by atoms with Crippen molar-refractivity contribution in [1.82, 2.24) is 10.3 Å². The van der Waals surface area contributed by atoms with Gasteiger partial charge < -0.3 is 10.4 Å². The molecule has 3 nitrogen and oxygen atoms in total. The van der Waals surface area contributed by atoms with Crippen LogP contribution < -0.4 is 5.32 Å². The van der Waals surface area contributed by atoms with Crippen molar-refractivity contribution in [3.8, 4) is 0 Å². The first-order chi connectivity index (χ1) is 9.49. The molecule has 0 saturated heterocycles. The number of hydrogen-bond acceptors (Lipinski definition) is 3. The van der Waals surface area contributed by atoms with Gasteiger partial charge in [0.05, 0.1) is 11.1 Å². The molecule has 0 bridgehead atoms. The topological polar surface area (TPSA) is 45.1 Å². The minimum absolute atomic E-state index is 0.627. The zero-order valence-corrected chi connectivity index (χ0v) is 12.6. The molecule has 0 spiro atoms. The van der Waals surface area contributed by atoms with Gasteiger partial charge in [0.25, 0.3) is 0 Å². The quantitative estimate of drug-likeness (QED) is 0.794. The number of fused-ring (bicyclic) bond motifs is 1. The average Bonchev–Trinajstić information content (AvgIpc) is 2.43. The Morgan fingerprint density at radius 2 is 2.05 bits per heavy atom. The highest BCUT2D eigenvalue weighted by molar-refractivity contribution is 5.78. The van der Waals surface area contributed by atoms with Crippen molar-refractivity contribution in [2.45, 2.75) is 32.8 Å². The van der Waals surface area contributed by atoms with Gasteiger partial charge in [0.15, 0.2) is 0 Å². The normalized spacial score (nSPS) is 14.7. The van der Waals surface area contributed by atoms with Crippen LogP contribution in [-0.4, -0.2) is 23.2 Å². The van der Waals surface area contributed by atoms with Gasteiger partial charge in [0.1, 0.15) is 0 Å². The minimum Gasteiger partial charge on any atom is -0.385 e. The first kappa shape index (κ1) is 14.9. The summed E-state index contributed by atoms with van der Waals surface area (Å²) in [6, 6.07) is 10.0. The van der Waals surface area contributed by atoms with E-state index in [2.05, 4.69) is 24.1 Å². The molecule has 0 amide bonds. The number of rotatable bonds is 6. The third-order valence-electron chi connectivity index (χ3n) is 3.55. The molecule has 0 fully saturated rings. The summed E-state index contributed by atoms with van der Waals surface area (Å²) in [4.78, 5) is 4.42. The predicted octanol–water partition coefficient (Wildman–Crippen LogP) is 3.08. The van der Waals surface area contributed by atoms with Crippen LogP contribution in [0.3, 0.4) is 0 Å². The lowest BCUT2D eigenvalue weighted by Gasteiger charge is -2.24. The fourth-order valence-electron chi connectivity index (χ4n) is 2.23. The smallest absolute Gasteiger partial charge is 0.0895 e. The highest BCUT2D eigenvalue weighted by Gasteiger charge is 2.23. The van der Waals surface area contributed by atoms with Gasteiger partial charge in [-0.15, -0.1) is 0 Å². The van der Waals surface area contributed by atoms with Gasteiger partial charge in [-0.3, -0.25) is 4.98 Å². The number of benzene rings is 1. The van der Waals surface area contributed by atoms with Gasteiger partial charge in [-0.25, -0.2) is 0 Å². The molecule has 0 saturated carbocycles. The van der Waals surface area contributed by atoms with E-state index in [9.17, 15) is 5.11 Å². The number of nitrogens with one attached hydrogen (secondary N) is 1. The van der Waals surface area contributed by atoms with Gasteiger partial charge in [-0.05, 0) is 44.5 Å². The summed E-state index contributed by atoms with van der Waals surface area (Å²) in [5.41, 5.74) is 0.994. The summed E-state index contributed by atoms with van der Waals surface area (Å²) in [5, 5.41) is 15.1. The molecule has 0 radical (unpaired) electrons. The van der Waals surface area contributed by atoms with E-state index in [1.807, 2.05) is 37.3 Å². The SMILES string of the molecule is CC(C)CNCCC(C)(O)c1cnc2ccccc2c1. The first-order valence-corrected chi connectivity index (χ1v) is 7.27. The van der Waals surface area contributed by atoms with Crippen LogP contribution in [0.5, 0.6) is 0 Å². The Kier molecular flexibility index (Phi) is 4.73. The van der Waals surface area contributed by atoms with Crippen molar-refractivity contribution in [3.05, 3.63) is 42.1 Å². The Labute approximate surface area is 121 Å². The molecular formula is C17H24N2O. The predicted molar refractivity (Wildman–Crippen MR) is 83.6 cm³/mol. The Morgan fingerprint density at radius 3 is 2.80 bits per heavy atom. The second-order valence-electron chi connectivity index (χ2n) is 6.04. The maximum atomic E-state index is 10.6. The molecule has 0 aliphatic rings. The molecule has 0 aliphatic carbocycles. The van der Waals surface area contributed by atoms with Gasteiger partial charge in [-0.1, -0.05) is 32.0 Å². The molecule has 2 rings (SSSR count). The lowest BCUT2D eigenvalue weighted by molar-refractivity contribution is 0.0477. The molecular weight excluding hydrogens is 248 g/mol. The van der Waals surface area contributed by atoms with E-state index in [0.717, 1.165) is 29.6 Å². The Balaban J connectivity index is 2.06. The van der Waals surface area contributed by atoms with Crippen LogP contribution in [0.4, 0.5) is 0 Å². The zero-order valence-electron chi connectivity index (χ0n) is 12.6. The molecule has 1 aromatic heterocycles. The van der Waals surface area contributed by atoms with Crippen molar-refractivity contribution < 1.29 is 5.11 Å². The second kappa shape index (κ2) is 6.33. The first-order valence-electron chi connectivity index (χ1n) is 7.27. The fraction of sp³-hybridized carbons (Fsp3) is 0.471. The standard InChI is InChI=1S/C17H24N2O/c1-13(2)11-18-9-8-17(3,20)15-10-14-6-4-5-7-16(14)19-12-15/h4-7,10,12-13,18,20H,8-9,11H2,1-3H3. The molecule has 1 aromatic carbocycles. The van der Waals surface area contributed by atoms with Crippen molar-refractivity contribution in [2.75, 3.05) is 13.1 Å². The molecule has 3 heteroatoms. The molecule has 108 valence electrons. The lowest BCUT2D eigenvalue weighted by atomic mass is 9.93. The van der Waals surface area contributed by atoms with E-state index < -0.39 is 5.60 Å². The van der Waals surface area contributed by atoms with Crippen LogP contribution >= 0.6 is 0 Å². The third-order valence-corrected chi connectivity index (χ3v) is 3.55. The van der Waals surface area contributed by atoms with Gasteiger partial charge in [0, 0.05) is 17.1 Å². The lowest BCUT2D eigenvalue weighted by Crippen LogP contribution is -2.29. The maximum absolute atomic E-state index is 10.6. The van der Waals surface area contributed by atoms with E-state index in [1.165, 1.54) is 0 Å². The van der Waals surface area contributed by atoms with Crippen LogP contribution in [-0.2, 0) is 5.60 Å². The molecule has 1 unspecified atom stereocenters. The van der Waals surface area contributed by atoms with Gasteiger partial charge in [-0.2, -0.15) is 0 Å². The van der Waals surface area contributed by atoms with Gasteiger partial charge >= 0.3 is 0 Å². The summed E-state index contributed by atoms with van der Waals surface area (Å²) in [7, 11) is 0. The monoisotopic (exact) mass is 272 g/mol. The summed E-state index contributed by atoms with van der Waals surface area (Å²) >= 11 is 0. The van der Waals surface area contributed by atoms with Crippen molar-refractivity contribution in [3.63, 3.8) is 0 Å². The van der Waals surface area contributed by atoms with Gasteiger partial charge in [0.2, 0.25) is 0 Å². The Bertz CT molecular complexity index is 564. The van der Waals surface area contributed by atoms with E-state index in [1.54, 1.807) is 6.20 Å². The number of para-hydroxylation sites is 1. The van der Waals surface area contributed by atoms with Crippen LogP contribution in [0.15, 0.2) is 36.5 Å². The number of nitrogens with zero attached hydrogens (tertiary/aromatic N) is 1. The van der Waals surface area contributed by atoms with Crippen LogP contribution in [0.2, 0.25) is 0 Å². The minimum atomic E-state index is -0.846. The third kappa shape index (κ3) is 3.78.